The van der Waals surface area contributed by atoms with E-state index in [1.807, 2.05) is 12.1 Å². The van der Waals surface area contributed by atoms with Crippen LogP contribution >= 0.6 is 0 Å². The lowest BCUT2D eigenvalue weighted by atomic mass is 9.89. The molecule has 3 rings (SSSR count). The highest BCUT2D eigenvalue weighted by Crippen LogP contribution is 2.55. The SMILES string of the molecule is CCCc1cc(OC)c2c(c1O)-c1c(cc(OC)c(OC)c1OC)CC[C@@H]2O. The highest BCUT2D eigenvalue weighted by molar-refractivity contribution is 5.88. The first kappa shape index (κ1) is 20.1. The summed E-state index contributed by atoms with van der Waals surface area (Å²) in [5.74, 6) is 2.18. The van der Waals surface area contributed by atoms with Crippen molar-refractivity contribution in [1.29, 1.82) is 0 Å². The van der Waals surface area contributed by atoms with Crippen molar-refractivity contribution >= 4 is 0 Å². The monoisotopic (exact) mass is 388 g/mol. The summed E-state index contributed by atoms with van der Waals surface area (Å²) in [7, 11) is 6.26. The van der Waals surface area contributed by atoms with E-state index in [4.69, 9.17) is 18.9 Å². The molecule has 0 unspecified atom stereocenters. The zero-order valence-electron chi connectivity index (χ0n) is 17.1. The molecule has 6 heteroatoms. The Bertz CT molecular complexity index is 874. The Balaban J connectivity index is 2.47. The minimum Gasteiger partial charge on any atom is -0.507 e. The van der Waals surface area contributed by atoms with Gasteiger partial charge in [-0.25, -0.2) is 0 Å². The molecule has 2 aromatic carbocycles. The number of aliphatic hydroxyl groups excluding tert-OH is 1. The van der Waals surface area contributed by atoms with Crippen LogP contribution in [0.3, 0.4) is 0 Å². The predicted octanol–water partition coefficient (Wildman–Crippen LogP) is 4.03. The molecule has 1 atom stereocenters. The molecule has 1 aliphatic carbocycles. The first-order valence-electron chi connectivity index (χ1n) is 9.45. The van der Waals surface area contributed by atoms with E-state index in [0.717, 1.165) is 17.5 Å². The fraction of sp³-hybridized carbons (Fsp3) is 0.455. The Morgan fingerprint density at radius 2 is 1.61 bits per heavy atom. The predicted molar refractivity (Wildman–Crippen MR) is 107 cm³/mol. The molecule has 0 aromatic heterocycles. The third-order valence-electron chi connectivity index (χ3n) is 5.30. The van der Waals surface area contributed by atoms with Crippen LogP contribution in [0.25, 0.3) is 11.1 Å². The average Bonchev–Trinajstić information content (AvgIpc) is 2.85. The lowest BCUT2D eigenvalue weighted by molar-refractivity contribution is 0.165. The van der Waals surface area contributed by atoms with Crippen molar-refractivity contribution < 1.29 is 29.2 Å². The number of fused-ring (bicyclic) bond motifs is 3. The number of methoxy groups -OCH3 is 4. The van der Waals surface area contributed by atoms with Crippen LogP contribution in [0.2, 0.25) is 0 Å². The molecule has 6 nitrogen and oxygen atoms in total. The first-order chi connectivity index (χ1) is 13.5. The molecular formula is C22H28O6. The van der Waals surface area contributed by atoms with Crippen LogP contribution in [0, 0.1) is 0 Å². The molecule has 28 heavy (non-hydrogen) atoms. The van der Waals surface area contributed by atoms with E-state index in [1.54, 1.807) is 28.4 Å². The number of hydrogen-bond donors (Lipinski definition) is 2. The fourth-order valence-electron chi connectivity index (χ4n) is 4.04. The number of phenolic OH excluding ortho intramolecular Hbond substituents is 1. The Morgan fingerprint density at radius 3 is 2.18 bits per heavy atom. The summed E-state index contributed by atoms with van der Waals surface area (Å²) in [5.41, 5.74) is 3.51. The maximum Gasteiger partial charge on any atom is 0.203 e. The van der Waals surface area contributed by atoms with Crippen molar-refractivity contribution in [2.75, 3.05) is 28.4 Å². The number of aryl methyl sites for hydroxylation is 2. The molecule has 0 saturated heterocycles. The summed E-state index contributed by atoms with van der Waals surface area (Å²) >= 11 is 0. The number of ether oxygens (including phenoxy) is 4. The smallest absolute Gasteiger partial charge is 0.203 e. The van der Waals surface area contributed by atoms with E-state index in [0.29, 0.717) is 59.0 Å². The Morgan fingerprint density at radius 1 is 0.929 bits per heavy atom. The van der Waals surface area contributed by atoms with Gasteiger partial charge in [0.2, 0.25) is 5.75 Å². The molecule has 0 heterocycles. The molecule has 2 N–H and O–H groups in total. The zero-order chi connectivity index (χ0) is 20.4. The molecule has 0 bridgehead atoms. The number of phenols is 1. The summed E-state index contributed by atoms with van der Waals surface area (Å²) in [5, 5.41) is 22.1. The van der Waals surface area contributed by atoms with E-state index in [9.17, 15) is 10.2 Å². The second kappa shape index (κ2) is 8.19. The number of aliphatic hydroxyl groups is 1. The van der Waals surface area contributed by atoms with Crippen LogP contribution in [0.4, 0.5) is 0 Å². The van der Waals surface area contributed by atoms with Gasteiger partial charge in [-0.05, 0) is 42.5 Å². The van der Waals surface area contributed by atoms with Gasteiger partial charge in [0.15, 0.2) is 11.5 Å². The van der Waals surface area contributed by atoms with Crippen LogP contribution in [-0.2, 0) is 12.8 Å². The number of aromatic hydroxyl groups is 1. The lowest BCUT2D eigenvalue weighted by Crippen LogP contribution is -2.04. The van der Waals surface area contributed by atoms with Gasteiger partial charge in [0.25, 0.3) is 0 Å². The minimum atomic E-state index is -0.777. The molecule has 2 aromatic rings. The molecule has 0 spiro atoms. The van der Waals surface area contributed by atoms with Crippen molar-refractivity contribution in [1.82, 2.24) is 0 Å². The molecule has 0 aliphatic heterocycles. The van der Waals surface area contributed by atoms with Crippen molar-refractivity contribution in [3.63, 3.8) is 0 Å². The molecule has 0 saturated carbocycles. The first-order valence-corrected chi connectivity index (χ1v) is 9.45. The number of hydrogen-bond acceptors (Lipinski definition) is 6. The topological polar surface area (TPSA) is 77.4 Å². The second-order valence-corrected chi connectivity index (χ2v) is 6.86. The van der Waals surface area contributed by atoms with Gasteiger partial charge in [-0.1, -0.05) is 13.3 Å². The molecule has 0 radical (unpaired) electrons. The van der Waals surface area contributed by atoms with Crippen LogP contribution in [0.1, 0.15) is 42.6 Å². The fourth-order valence-corrected chi connectivity index (χ4v) is 4.04. The van der Waals surface area contributed by atoms with Crippen LogP contribution in [0.5, 0.6) is 28.7 Å². The van der Waals surface area contributed by atoms with Crippen LogP contribution < -0.4 is 18.9 Å². The highest BCUT2D eigenvalue weighted by Gasteiger charge is 2.33. The van der Waals surface area contributed by atoms with Crippen LogP contribution in [0.15, 0.2) is 12.1 Å². The summed E-state index contributed by atoms with van der Waals surface area (Å²) in [4.78, 5) is 0. The van der Waals surface area contributed by atoms with E-state index >= 15 is 0 Å². The van der Waals surface area contributed by atoms with Gasteiger partial charge in [0, 0.05) is 16.7 Å². The van der Waals surface area contributed by atoms with Gasteiger partial charge in [-0.3, -0.25) is 0 Å². The average molecular weight is 388 g/mol. The number of rotatable bonds is 6. The lowest BCUT2D eigenvalue weighted by Gasteiger charge is -2.23. The molecule has 0 fully saturated rings. The molecular weight excluding hydrogens is 360 g/mol. The Kier molecular flexibility index (Phi) is 5.89. The van der Waals surface area contributed by atoms with Gasteiger partial charge in [0.1, 0.15) is 11.5 Å². The quantitative estimate of drug-likeness (QED) is 0.778. The largest absolute Gasteiger partial charge is 0.507 e. The standard InChI is InChI=1S/C22H28O6/c1-6-7-13-11-15(25-2)18-14(23)9-8-12-10-16(26-3)21(27-4)22(28-5)17(12)19(18)20(13)24/h10-11,14,23-24H,6-9H2,1-5H3/t14-/m0/s1. The molecule has 152 valence electrons. The van der Waals surface area contributed by atoms with E-state index in [1.165, 1.54) is 0 Å². The van der Waals surface area contributed by atoms with Crippen molar-refractivity contribution in [3.8, 4) is 39.9 Å². The van der Waals surface area contributed by atoms with Crippen molar-refractivity contribution in [2.45, 2.75) is 38.7 Å². The normalized spacial score (nSPS) is 15.3. The van der Waals surface area contributed by atoms with Crippen molar-refractivity contribution in [2.24, 2.45) is 0 Å². The summed E-state index contributed by atoms with van der Waals surface area (Å²) in [6, 6.07) is 3.70. The maximum absolute atomic E-state index is 11.2. The Labute approximate surface area is 165 Å². The zero-order valence-corrected chi connectivity index (χ0v) is 17.1. The van der Waals surface area contributed by atoms with Crippen LogP contribution in [-0.4, -0.2) is 38.7 Å². The number of benzene rings is 2. The van der Waals surface area contributed by atoms with Gasteiger partial charge in [0.05, 0.1) is 34.5 Å². The van der Waals surface area contributed by atoms with Gasteiger partial charge >= 0.3 is 0 Å². The van der Waals surface area contributed by atoms with Gasteiger partial charge in [-0.2, -0.15) is 0 Å². The third-order valence-corrected chi connectivity index (χ3v) is 5.30. The van der Waals surface area contributed by atoms with Crippen molar-refractivity contribution in [3.05, 3.63) is 28.8 Å². The van der Waals surface area contributed by atoms with E-state index in [-0.39, 0.29) is 5.75 Å². The summed E-state index contributed by atoms with van der Waals surface area (Å²) in [6.45, 7) is 2.05. The van der Waals surface area contributed by atoms with E-state index in [2.05, 4.69) is 6.92 Å². The maximum atomic E-state index is 11.2. The summed E-state index contributed by atoms with van der Waals surface area (Å²) < 4.78 is 22.4. The summed E-state index contributed by atoms with van der Waals surface area (Å²) in [6.07, 6.45) is 1.86. The minimum absolute atomic E-state index is 0.144. The molecule has 0 amide bonds. The van der Waals surface area contributed by atoms with Gasteiger partial charge in [-0.15, -0.1) is 0 Å². The second-order valence-electron chi connectivity index (χ2n) is 6.86. The molecule has 1 aliphatic rings. The van der Waals surface area contributed by atoms with E-state index < -0.39 is 6.10 Å². The highest BCUT2D eigenvalue weighted by atomic mass is 16.5. The van der Waals surface area contributed by atoms with Gasteiger partial charge < -0.3 is 29.2 Å². The Hall–Kier alpha value is -2.60. The third kappa shape index (κ3) is 3.11.